The van der Waals surface area contributed by atoms with Gasteiger partial charge in [0.25, 0.3) is 11.8 Å². The molecule has 2 aromatic rings. The van der Waals surface area contributed by atoms with Gasteiger partial charge in [-0.3, -0.25) is 19.1 Å². The molecule has 0 saturated heterocycles. The lowest BCUT2D eigenvalue weighted by atomic mass is 9.88. The van der Waals surface area contributed by atoms with Crippen LogP contribution in [0.2, 0.25) is 0 Å². The van der Waals surface area contributed by atoms with Gasteiger partial charge in [0.05, 0.1) is 6.04 Å². The minimum atomic E-state index is -2.89. The molecule has 4 aliphatic rings. The van der Waals surface area contributed by atoms with E-state index < -0.39 is 23.8 Å². The lowest BCUT2D eigenvalue weighted by Crippen LogP contribution is -2.50. The van der Waals surface area contributed by atoms with E-state index in [1.165, 1.54) is 0 Å². The fraction of sp³-hybridized carbons (Fsp3) is 0.586. The number of benzene rings is 1. The summed E-state index contributed by atoms with van der Waals surface area (Å²) in [6.07, 6.45) is 6.81. The van der Waals surface area contributed by atoms with Crippen LogP contribution < -0.4 is 16.0 Å². The van der Waals surface area contributed by atoms with Crippen molar-refractivity contribution in [2.45, 2.75) is 82.8 Å². The SMILES string of the molecule is CC(C)n1nccc1C(=O)N[C@H](C(=O)Nc1ccc2c(c1)CC[C@H]2NC(=O)[C@H]1CC1(F)F)C(C1CC1)C1CC1. The number of nitrogens with one attached hydrogen (secondary N) is 3. The van der Waals surface area contributed by atoms with Crippen LogP contribution in [0.5, 0.6) is 0 Å². The smallest absolute Gasteiger partial charge is 0.270 e. The number of rotatable bonds is 10. The molecule has 6 rings (SSSR count). The molecule has 3 amide bonds. The molecule has 0 aliphatic heterocycles. The van der Waals surface area contributed by atoms with E-state index in [2.05, 4.69) is 21.0 Å². The Morgan fingerprint density at radius 2 is 1.74 bits per heavy atom. The zero-order valence-electron chi connectivity index (χ0n) is 22.3. The largest absolute Gasteiger partial charge is 0.349 e. The summed E-state index contributed by atoms with van der Waals surface area (Å²) < 4.78 is 28.3. The number of carbonyl (C=O) groups excluding carboxylic acids is 3. The Bertz CT molecular complexity index is 1290. The lowest BCUT2D eigenvalue weighted by molar-refractivity contribution is -0.125. The number of amides is 3. The molecule has 39 heavy (non-hydrogen) atoms. The maximum absolute atomic E-state index is 13.7. The van der Waals surface area contributed by atoms with Crippen molar-refractivity contribution in [3.05, 3.63) is 47.3 Å². The number of hydrogen-bond donors (Lipinski definition) is 3. The molecule has 208 valence electrons. The molecule has 8 nitrogen and oxygen atoms in total. The van der Waals surface area contributed by atoms with E-state index >= 15 is 0 Å². The number of fused-ring (bicyclic) bond motifs is 1. The summed E-state index contributed by atoms with van der Waals surface area (Å²) >= 11 is 0. The number of carbonyl (C=O) groups is 3. The maximum atomic E-state index is 13.7. The second-order valence-corrected chi connectivity index (χ2v) is 12.0. The molecule has 10 heteroatoms. The van der Waals surface area contributed by atoms with Crippen LogP contribution in [-0.2, 0) is 16.0 Å². The predicted octanol–water partition coefficient (Wildman–Crippen LogP) is 4.40. The highest BCUT2D eigenvalue weighted by molar-refractivity contribution is 6.01. The normalized spacial score (nSPS) is 23.8. The Balaban J connectivity index is 1.17. The number of nitrogens with zero attached hydrogens (tertiary/aromatic N) is 2. The van der Waals surface area contributed by atoms with Gasteiger partial charge in [-0.05, 0) is 99.5 Å². The summed E-state index contributed by atoms with van der Waals surface area (Å²) in [5, 5.41) is 13.1. The first-order valence-electron chi connectivity index (χ1n) is 14.1. The molecule has 0 spiro atoms. The van der Waals surface area contributed by atoms with Gasteiger partial charge >= 0.3 is 0 Å². The first-order chi connectivity index (χ1) is 18.6. The predicted molar refractivity (Wildman–Crippen MR) is 140 cm³/mol. The Hall–Kier alpha value is -3.30. The molecule has 1 aromatic carbocycles. The third-order valence-corrected chi connectivity index (χ3v) is 8.63. The van der Waals surface area contributed by atoms with Crippen molar-refractivity contribution >= 4 is 23.4 Å². The molecular formula is C29H35F2N5O3. The first kappa shape index (κ1) is 26.0. The van der Waals surface area contributed by atoms with Crippen molar-refractivity contribution in [1.82, 2.24) is 20.4 Å². The minimum absolute atomic E-state index is 0.0106. The Kier molecular flexibility index (Phi) is 6.46. The van der Waals surface area contributed by atoms with E-state index in [0.717, 1.165) is 36.8 Å². The minimum Gasteiger partial charge on any atom is -0.349 e. The molecular weight excluding hydrogens is 504 g/mol. The fourth-order valence-corrected chi connectivity index (χ4v) is 6.18. The van der Waals surface area contributed by atoms with E-state index in [-0.39, 0.29) is 36.2 Å². The highest BCUT2D eigenvalue weighted by atomic mass is 19.3. The van der Waals surface area contributed by atoms with Crippen molar-refractivity contribution < 1.29 is 23.2 Å². The standard InChI is InChI=1S/C29H35F2N5O3/c1-15(2)36-23(11-12-32-36)27(38)35-25(24(16-3-4-16)17-5-6-17)28(39)33-19-8-9-20-18(13-19)7-10-22(20)34-26(37)21-14-29(21,30)31/h8-9,11-13,15-17,21-22,24-25H,3-7,10,14H2,1-2H3,(H,33,39)(H,34,37)(H,35,38)/t21-,22-,25+/m1/s1. The number of halogens is 2. The summed E-state index contributed by atoms with van der Waals surface area (Å²) in [5.74, 6) is -4.28. The highest BCUT2D eigenvalue weighted by Crippen LogP contribution is 2.51. The number of aryl methyl sites for hydroxylation is 1. The van der Waals surface area contributed by atoms with E-state index in [1.54, 1.807) is 23.0 Å². The lowest BCUT2D eigenvalue weighted by Gasteiger charge is -2.28. The Labute approximate surface area is 226 Å². The molecule has 4 aliphatic carbocycles. The van der Waals surface area contributed by atoms with Crippen molar-refractivity contribution in [2.24, 2.45) is 23.7 Å². The van der Waals surface area contributed by atoms with E-state index in [1.807, 2.05) is 26.0 Å². The van der Waals surface area contributed by atoms with Crippen LogP contribution in [-0.4, -0.2) is 39.5 Å². The van der Waals surface area contributed by atoms with Crippen molar-refractivity contribution in [3.8, 4) is 0 Å². The van der Waals surface area contributed by atoms with Gasteiger partial charge in [0.1, 0.15) is 17.7 Å². The van der Waals surface area contributed by atoms with Gasteiger partial charge in [-0.15, -0.1) is 0 Å². The second-order valence-electron chi connectivity index (χ2n) is 12.0. The average molecular weight is 540 g/mol. The van der Waals surface area contributed by atoms with Gasteiger partial charge in [0.2, 0.25) is 11.8 Å². The topological polar surface area (TPSA) is 105 Å². The molecule has 3 fully saturated rings. The highest BCUT2D eigenvalue weighted by Gasteiger charge is 2.61. The molecule has 0 bridgehead atoms. The number of anilines is 1. The van der Waals surface area contributed by atoms with Crippen molar-refractivity contribution in [2.75, 3.05) is 5.32 Å². The number of aromatic nitrogens is 2. The van der Waals surface area contributed by atoms with Crippen LogP contribution in [0.15, 0.2) is 30.5 Å². The first-order valence-corrected chi connectivity index (χ1v) is 14.1. The molecule has 3 N–H and O–H groups in total. The summed E-state index contributed by atoms with van der Waals surface area (Å²) in [6.45, 7) is 3.91. The molecule has 0 radical (unpaired) electrons. The van der Waals surface area contributed by atoms with E-state index in [9.17, 15) is 23.2 Å². The molecule has 1 aromatic heterocycles. The van der Waals surface area contributed by atoms with E-state index in [4.69, 9.17) is 0 Å². The zero-order valence-corrected chi connectivity index (χ0v) is 22.3. The third kappa shape index (κ3) is 5.30. The molecule has 3 atom stereocenters. The van der Waals surface area contributed by atoms with Crippen LogP contribution in [0.1, 0.15) is 86.1 Å². The van der Waals surface area contributed by atoms with Gasteiger partial charge < -0.3 is 16.0 Å². The summed E-state index contributed by atoms with van der Waals surface area (Å²) in [5.41, 5.74) is 2.92. The van der Waals surface area contributed by atoms with Gasteiger partial charge in [0, 0.05) is 24.3 Å². The summed E-state index contributed by atoms with van der Waals surface area (Å²) in [6, 6.07) is 6.24. The van der Waals surface area contributed by atoms with Crippen molar-refractivity contribution in [1.29, 1.82) is 0 Å². The van der Waals surface area contributed by atoms with Gasteiger partial charge in [-0.1, -0.05) is 6.07 Å². The Morgan fingerprint density at radius 3 is 2.36 bits per heavy atom. The van der Waals surface area contributed by atoms with Crippen LogP contribution >= 0.6 is 0 Å². The quantitative estimate of drug-likeness (QED) is 0.416. The van der Waals surface area contributed by atoms with Crippen LogP contribution in [0.3, 0.4) is 0 Å². The van der Waals surface area contributed by atoms with Crippen LogP contribution in [0.25, 0.3) is 0 Å². The maximum Gasteiger partial charge on any atom is 0.270 e. The van der Waals surface area contributed by atoms with Crippen molar-refractivity contribution in [3.63, 3.8) is 0 Å². The molecule has 1 heterocycles. The number of alkyl halides is 2. The zero-order chi connectivity index (χ0) is 27.5. The summed E-state index contributed by atoms with van der Waals surface area (Å²) in [7, 11) is 0. The average Bonchev–Trinajstić information content (AvgIpc) is 3.85. The monoisotopic (exact) mass is 539 g/mol. The van der Waals surface area contributed by atoms with E-state index in [0.29, 0.717) is 36.1 Å². The molecule has 0 unspecified atom stereocenters. The van der Waals surface area contributed by atoms with Crippen LogP contribution in [0, 0.1) is 23.7 Å². The van der Waals surface area contributed by atoms with Crippen LogP contribution in [0.4, 0.5) is 14.5 Å². The Morgan fingerprint density at radius 1 is 1.05 bits per heavy atom. The summed E-state index contributed by atoms with van der Waals surface area (Å²) in [4.78, 5) is 39.2. The third-order valence-electron chi connectivity index (χ3n) is 8.63. The number of hydrogen-bond acceptors (Lipinski definition) is 4. The molecule has 3 saturated carbocycles. The van der Waals surface area contributed by atoms with Gasteiger partial charge in [-0.2, -0.15) is 5.10 Å². The second kappa shape index (κ2) is 9.71. The fourth-order valence-electron chi connectivity index (χ4n) is 6.18. The van der Waals surface area contributed by atoms with Gasteiger partial charge in [-0.25, -0.2) is 8.78 Å². The van der Waals surface area contributed by atoms with Gasteiger partial charge in [0.15, 0.2) is 0 Å².